The summed E-state index contributed by atoms with van der Waals surface area (Å²) >= 11 is 0. The van der Waals surface area contributed by atoms with E-state index in [-0.39, 0.29) is 0 Å². The molecular weight excluding hydrogens is 316 g/mol. The fourth-order valence-electron chi connectivity index (χ4n) is 2.29. The third-order valence-corrected chi connectivity index (χ3v) is 3.63. The van der Waals surface area contributed by atoms with Gasteiger partial charge in [-0.05, 0) is 25.3 Å². The molecule has 0 aliphatic rings. The molecule has 1 rings (SSSR count). The first kappa shape index (κ1) is 21.2. The lowest BCUT2D eigenvalue weighted by Crippen LogP contribution is -2.37. The zero-order valence-corrected chi connectivity index (χ0v) is 16.2. The van der Waals surface area contributed by atoms with E-state index in [9.17, 15) is 0 Å². The first-order chi connectivity index (χ1) is 12.2. The van der Waals surface area contributed by atoms with Gasteiger partial charge in [-0.2, -0.15) is 0 Å². The van der Waals surface area contributed by atoms with Gasteiger partial charge in [-0.25, -0.2) is 9.98 Å². The molecule has 2 N–H and O–H groups in total. The lowest BCUT2D eigenvalue weighted by atomic mass is 10.1. The van der Waals surface area contributed by atoms with Gasteiger partial charge >= 0.3 is 0 Å². The van der Waals surface area contributed by atoms with Gasteiger partial charge in [0.15, 0.2) is 5.96 Å². The number of guanidine groups is 1. The molecule has 1 aromatic heterocycles. The number of methoxy groups -OCH3 is 1. The molecule has 0 saturated heterocycles. The molecule has 0 bridgehead atoms. The highest BCUT2D eigenvalue weighted by atomic mass is 16.5. The van der Waals surface area contributed by atoms with Gasteiger partial charge in [0.1, 0.15) is 6.61 Å². The van der Waals surface area contributed by atoms with Crippen LogP contribution in [-0.4, -0.2) is 44.4 Å². The van der Waals surface area contributed by atoms with Crippen LogP contribution in [0.4, 0.5) is 0 Å². The van der Waals surface area contributed by atoms with Gasteiger partial charge in [-0.15, -0.1) is 0 Å². The normalized spacial score (nSPS) is 11.6. The average Bonchev–Trinajstić information content (AvgIpc) is 2.60. The minimum atomic E-state index is 0.485. The monoisotopic (exact) mass is 350 g/mol. The molecule has 1 aromatic rings. The van der Waals surface area contributed by atoms with E-state index in [0.717, 1.165) is 37.0 Å². The van der Waals surface area contributed by atoms with Crippen LogP contribution in [0.1, 0.15) is 45.6 Å². The fraction of sp³-hybridized carbons (Fsp3) is 0.684. The van der Waals surface area contributed by atoms with Gasteiger partial charge in [-0.3, -0.25) is 0 Å². The van der Waals surface area contributed by atoms with Gasteiger partial charge in [-0.1, -0.05) is 32.8 Å². The van der Waals surface area contributed by atoms with Crippen LogP contribution in [0.5, 0.6) is 5.88 Å². The maximum absolute atomic E-state index is 5.66. The smallest absolute Gasteiger partial charge is 0.218 e. The summed E-state index contributed by atoms with van der Waals surface area (Å²) in [6.07, 6.45) is 5.39. The van der Waals surface area contributed by atoms with Crippen LogP contribution in [0.25, 0.3) is 0 Å². The van der Waals surface area contributed by atoms with E-state index in [1.54, 1.807) is 13.3 Å². The van der Waals surface area contributed by atoms with Crippen LogP contribution in [0.3, 0.4) is 0 Å². The Balaban J connectivity index is 2.53. The van der Waals surface area contributed by atoms with Crippen molar-refractivity contribution in [1.29, 1.82) is 0 Å². The lowest BCUT2D eigenvalue weighted by molar-refractivity contribution is 0.143. The average molecular weight is 351 g/mol. The molecular formula is C19H34N4O2. The van der Waals surface area contributed by atoms with Crippen LogP contribution >= 0.6 is 0 Å². The summed E-state index contributed by atoms with van der Waals surface area (Å²) in [5.41, 5.74) is 0.968. The predicted molar refractivity (Wildman–Crippen MR) is 103 cm³/mol. The van der Waals surface area contributed by atoms with E-state index in [2.05, 4.69) is 41.4 Å². The first-order valence-corrected chi connectivity index (χ1v) is 9.25. The molecule has 0 aliphatic heterocycles. The van der Waals surface area contributed by atoms with Crippen molar-refractivity contribution >= 4 is 5.96 Å². The molecule has 1 heterocycles. The maximum atomic E-state index is 5.66. The van der Waals surface area contributed by atoms with Gasteiger partial charge in [0, 0.05) is 32.0 Å². The minimum absolute atomic E-state index is 0.485. The molecule has 0 aromatic carbocycles. The number of nitrogens with zero attached hydrogens (tertiary/aromatic N) is 2. The third kappa shape index (κ3) is 9.92. The van der Waals surface area contributed by atoms with Crippen molar-refractivity contribution in [2.24, 2.45) is 10.9 Å². The molecule has 0 atom stereocenters. The van der Waals surface area contributed by atoms with Crippen molar-refractivity contribution in [2.45, 2.75) is 46.6 Å². The van der Waals surface area contributed by atoms with Crippen molar-refractivity contribution in [3.63, 3.8) is 0 Å². The Hall–Kier alpha value is -1.82. The molecule has 6 heteroatoms. The van der Waals surface area contributed by atoms with Crippen molar-refractivity contribution in [3.05, 3.63) is 23.9 Å². The zero-order chi connectivity index (χ0) is 18.3. The second-order valence-electron chi connectivity index (χ2n) is 6.32. The molecule has 0 saturated carbocycles. The number of rotatable bonds is 12. The van der Waals surface area contributed by atoms with Gasteiger partial charge in [0.25, 0.3) is 0 Å². The van der Waals surface area contributed by atoms with Crippen molar-refractivity contribution in [3.8, 4) is 5.88 Å². The molecule has 0 amide bonds. The molecule has 0 radical (unpaired) electrons. The van der Waals surface area contributed by atoms with Gasteiger partial charge in [0.05, 0.1) is 13.2 Å². The Bertz CT molecular complexity index is 492. The fourth-order valence-corrected chi connectivity index (χ4v) is 2.29. The summed E-state index contributed by atoms with van der Waals surface area (Å²) in [4.78, 5) is 8.94. The number of hydrogen-bond donors (Lipinski definition) is 2. The zero-order valence-electron chi connectivity index (χ0n) is 16.2. The van der Waals surface area contributed by atoms with Crippen molar-refractivity contribution in [1.82, 2.24) is 15.6 Å². The van der Waals surface area contributed by atoms with E-state index in [1.165, 1.54) is 12.8 Å². The molecule has 0 unspecified atom stereocenters. The third-order valence-electron chi connectivity index (χ3n) is 3.63. The lowest BCUT2D eigenvalue weighted by Gasteiger charge is -2.12. The summed E-state index contributed by atoms with van der Waals surface area (Å²) < 4.78 is 10.7. The summed E-state index contributed by atoms with van der Waals surface area (Å²) in [6.45, 7) is 9.91. The largest absolute Gasteiger partial charge is 0.475 e. The second-order valence-corrected chi connectivity index (χ2v) is 6.32. The van der Waals surface area contributed by atoms with E-state index in [4.69, 9.17) is 9.47 Å². The van der Waals surface area contributed by atoms with E-state index in [1.807, 2.05) is 12.1 Å². The molecule has 25 heavy (non-hydrogen) atoms. The Morgan fingerprint density at radius 2 is 2.08 bits per heavy atom. The Kier molecular flexibility index (Phi) is 11.4. The molecule has 0 spiro atoms. The van der Waals surface area contributed by atoms with E-state index in [0.29, 0.717) is 25.6 Å². The highest BCUT2D eigenvalue weighted by Gasteiger charge is 2.05. The summed E-state index contributed by atoms with van der Waals surface area (Å²) in [5, 5.41) is 6.68. The number of ether oxygens (including phenoxy) is 2. The first-order valence-electron chi connectivity index (χ1n) is 9.25. The number of aliphatic imine (C=N–C) groups is 1. The Labute approximate surface area is 152 Å². The number of aromatic nitrogens is 1. The standard InChI is InChI=1S/C19H34N4O2/c1-5-20-19(22-11-7-6-9-16(2)3)23-15-17-10-8-12-21-18(17)25-14-13-24-4/h8,10,12,16H,5-7,9,11,13-15H2,1-4H3,(H2,20,22,23). The summed E-state index contributed by atoms with van der Waals surface area (Å²) in [7, 11) is 1.66. The molecule has 0 fully saturated rings. The topological polar surface area (TPSA) is 67.8 Å². The SMILES string of the molecule is CCNC(=NCc1cccnc1OCCOC)NCCCCC(C)C. The summed E-state index contributed by atoms with van der Waals surface area (Å²) in [6, 6.07) is 3.89. The van der Waals surface area contributed by atoms with Gasteiger partial charge < -0.3 is 20.1 Å². The highest BCUT2D eigenvalue weighted by molar-refractivity contribution is 5.79. The van der Waals surface area contributed by atoms with Crippen LogP contribution in [0.2, 0.25) is 0 Å². The quantitative estimate of drug-likeness (QED) is 0.345. The number of unbranched alkanes of at least 4 members (excludes halogenated alkanes) is 1. The van der Waals surface area contributed by atoms with E-state index < -0.39 is 0 Å². The van der Waals surface area contributed by atoms with Crippen LogP contribution in [0.15, 0.2) is 23.3 Å². The highest BCUT2D eigenvalue weighted by Crippen LogP contribution is 2.15. The minimum Gasteiger partial charge on any atom is -0.475 e. The summed E-state index contributed by atoms with van der Waals surface area (Å²) in [5.74, 6) is 2.22. The predicted octanol–water partition coefficient (Wildman–Crippen LogP) is 2.99. The molecule has 0 aliphatic carbocycles. The Morgan fingerprint density at radius 3 is 2.80 bits per heavy atom. The Morgan fingerprint density at radius 1 is 1.24 bits per heavy atom. The second kappa shape index (κ2) is 13.5. The van der Waals surface area contributed by atoms with Crippen molar-refractivity contribution < 1.29 is 9.47 Å². The maximum Gasteiger partial charge on any atom is 0.218 e. The number of pyridine rings is 1. The van der Waals surface area contributed by atoms with Crippen LogP contribution < -0.4 is 15.4 Å². The van der Waals surface area contributed by atoms with Crippen LogP contribution in [-0.2, 0) is 11.3 Å². The van der Waals surface area contributed by atoms with Gasteiger partial charge in [0.2, 0.25) is 5.88 Å². The molecule has 6 nitrogen and oxygen atoms in total. The number of hydrogen-bond acceptors (Lipinski definition) is 4. The van der Waals surface area contributed by atoms with Crippen molar-refractivity contribution in [2.75, 3.05) is 33.4 Å². The number of nitrogens with one attached hydrogen (secondary N) is 2. The van der Waals surface area contributed by atoms with E-state index >= 15 is 0 Å². The molecule has 142 valence electrons. The van der Waals surface area contributed by atoms with Crippen LogP contribution in [0, 0.1) is 5.92 Å².